The third-order valence-corrected chi connectivity index (χ3v) is 11.4. The summed E-state index contributed by atoms with van der Waals surface area (Å²) in [7, 11) is -2.18. The molecule has 0 aromatic carbocycles. The molecule has 0 saturated carbocycles. The van der Waals surface area contributed by atoms with Crippen LogP contribution >= 0.6 is 0 Å². The molecule has 0 heterocycles. The molecule has 0 bridgehead atoms. The lowest BCUT2D eigenvalue weighted by molar-refractivity contribution is 0.0402. The van der Waals surface area contributed by atoms with Crippen LogP contribution in [0.2, 0.25) is 0 Å². The second-order valence-corrected chi connectivity index (χ2v) is 16.9. The second kappa shape index (κ2) is 38.9. The molecule has 0 aromatic rings. The maximum Gasteiger partial charge on any atom is 0.484 e. The van der Waals surface area contributed by atoms with Crippen LogP contribution in [-0.2, 0) is 13.3 Å². The maximum atomic E-state index is 6.72. The third kappa shape index (κ3) is 37.1. The SMILES string of the molecule is CCCCCCCCCCCCO[SiH](OCCCCCCCCCCCC)OC(CC(C)C)CC(N)CCCCCCCCCCC. The highest BCUT2D eigenvalue weighted by Gasteiger charge is 2.24. The summed E-state index contributed by atoms with van der Waals surface area (Å²) in [6, 6.07) is 0.210. The standard InChI is InChI=1S/C42H89NO3Si/c1-6-9-12-15-18-21-24-27-30-33-36-44-47(45-37-34-31-28-25-22-19-16-13-10-7-2)46-42(38-40(4)5)39-41(43)35-32-29-26-23-20-17-14-11-8-3/h40-42,47H,6-39,43H2,1-5H3. The number of unbranched alkanes of at least 4 members (excludes halogenated alkanes) is 26. The summed E-state index contributed by atoms with van der Waals surface area (Å²) in [5.74, 6) is 0.582. The van der Waals surface area contributed by atoms with Crippen molar-refractivity contribution in [2.24, 2.45) is 11.7 Å². The Bertz CT molecular complexity index is 552. The van der Waals surface area contributed by atoms with Gasteiger partial charge in [0.25, 0.3) is 0 Å². The Balaban J connectivity index is 4.54. The topological polar surface area (TPSA) is 53.7 Å². The number of hydrogen-bond acceptors (Lipinski definition) is 4. The van der Waals surface area contributed by atoms with Gasteiger partial charge in [-0.05, 0) is 38.0 Å². The van der Waals surface area contributed by atoms with Gasteiger partial charge in [-0.1, -0.05) is 208 Å². The lowest BCUT2D eigenvalue weighted by atomic mass is 9.97. The minimum atomic E-state index is -2.18. The van der Waals surface area contributed by atoms with E-state index in [-0.39, 0.29) is 12.1 Å². The van der Waals surface area contributed by atoms with Gasteiger partial charge in [-0.25, -0.2) is 0 Å². The van der Waals surface area contributed by atoms with E-state index in [2.05, 4.69) is 34.6 Å². The molecule has 0 spiro atoms. The van der Waals surface area contributed by atoms with Crippen molar-refractivity contribution in [3.05, 3.63) is 0 Å². The van der Waals surface area contributed by atoms with Gasteiger partial charge in [0, 0.05) is 19.3 Å². The molecule has 0 amide bonds. The normalized spacial score (nSPS) is 13.3. The lowest BCUT2D eigenvalue weighted by Gasteiger charge is -2.27. The highest BCUT2D eigenvalue weighted by molar-refractivity contribution is 6.36. The largest absolute Gasteiger partial charge is 0.484 e. The Kier molecular flexibility index (Phi) is 38.9. The number of rotatable bonds is 40. The van der Waals surface area contributed by atoms with Crippen molar-refractivity contribution in [3.63, 3.8) is 0 Å². The highest BCUT2D eigenvalue weighted by Crippen LogP contribution is 2.19. The summed E-state index contributed by atoms with van der Waals surface area (Å²) in [5.41, 5.74) is 6.70. The molecular formula is C42H89NO3Si. The van der Waals surface area contributed by atoms with Crippen molar-refractivity contribution in [1.82, 2.24) is 0 Å². The van der Waals surface area contributed by atoms with Crippen molar-refractivity contribution in [3.8, 4) is 0 Å². The van der Waals surface area contributed by atoms with E-state index in [1.807, 2.05) is 0 Å². The molecule has 5 heteroatoms. The van der Waals surface area contributed by atoms with Gasteiger partial charge in [-0.15, -0.1) is 0 Å². The molecule has 2 unspecified atom stereocenters. The highest BCUT2D eigenvalue weighted by atomic mass is 28.3. The first-order valence-corrected chi connectivity index (χ1v) is 23.1. The molecule has 0 fully saturated rings. The Hall–Kier alpha value is 0.0569. The molecule has 0 saturated heterocycles. The molecule has 0 aliphatic carbocycles. The third-order valence-electron chi connectivity index (χ3n) is 9.79. The summed E-state index contributed by atoms with van der Waals surface area (Å²) in [6.45, 7) is 13.0. The summed E-state index contributed by atoms with van der Waals surface area (Å²) in [5, 5.41) is 0. The van der Waals surface area contributed by atoms with Gasteiger partial charge in [0.1, 0.15) is 0 Å². The van der Waals surface area contributed by atoms with Crippen LogP contribution in [0.25, 0.3) is 0 Å². The van der Waals surface area contributed by atoms with Gasteiger partial charge in [-0.3, -0.25) is 0 Å². The monoisotopic (exact) mass is 684 g/mol. The van der Waals surface area contributed by atoms with Crippen LogP contribution in [0.5, 0.6) is 0 Å². The van der Waals surface area contributed by atoms with E-state index in [0.717, 1.165) is 45.3 Å². The van der Waals surface area contributed by atoms with Gasteiger partial charge < -0.3 is 19.0 Å². The first-order valence-electron chi connectivity index (χ1n) is 21.7. The van der Waals surface area contributed by atoms with Gasteiger partial charge in [0.2, 0.25) is 0 Å². The van der Waals surface area contributed by atoms with E-state index in [4.69, 9.17) is 19.0 Å². The van der Waals surface area contributed by atoms with Crippen molar-refractivity contribution >= 4 is 9.53 Å². The fraction of sp³-hybridized carbons (Fsp3) is 1.00. The quantitative estimate of drug-likeness (QED) is 0.0516. The molecule has 4 nitrogen and oxygen atoms in total. The van der Waals surface area contributed by atoms with Crippen LogP contribution in [-0.4, -0.2) is 34.9 Å². The Morgan fingerprint density at radius 3 is 1.09 bits per heavy atom. The zero-order valence-corrected chi connectivity index (χ0v) is 34.3. The van der Waals surface area contributed by atoms with E-state index >= 15 is 0 Å². The molecule has 2 N–H and O–H groups in total. The Labute approximate surface area is 299 Å². The predicted octanol–water partition coefficient (Wildman–Crippen LogP) is 13.6. The molecule has 47 heavy (non-hydrogen) atoms. The molecule has 0 radical (unpaired) electrons. The van der Waals surface area contributed by atoms with E-state index < -0.39 is 9.53 Å². The number of nitrogens with two attached hydrogens (primary N) is 1. The van der Waals surface area contributed by atoms with Crippen LogP contribution < -0.4 is 5.73 Å². The smallest absolute Gasteiger partial charge is 0.376 e. The van der Waals surface area contributed by atoms with Crippen molar-refractivity contribution in [2.45, 2.75) is 252 Å². The van der Waals surface area contributed by atoms with Crippen LogP contribution in [0.15, 0.2) is 0 Å². The molecule has 0 aromatic heterocycles. The molecule has 0 aliphatic rings. The van der Waals surface area contributed by atoms with Crippen molar-refractivity contribution in [2.75, 3.05) is 13.2 Å². The van der Waals surface area contributed by atoms with E-state index in [1.165, 1.54) is 173 Å². The van der Waals surface area contributed by atoms with E-state index in [0.29, 0.717) is 5.92 Å². The van der Waals surface area contributed by atoms with Crippen molar-refractivity contribution < 1.29 is 13.3 Å². The number of hydrogen-bond donors (Lipinski definition) is 1. The Morgan fingerprint density at radius 1 is 0.426 bits per heavy atom. The lowest BCUT2D eigenvalue weighted by Crippen LogP contribution is -2.37. The van der Waals surface area contributed by atoms with Gasteiger partial charge >= 0.3 is 9.53 Å². The predicted molar refractivity (Wildman–Crippen MR) is 212 cm³/mol. The molecule has 0 rings (SSSR count). The maximum absolute atomic E-state index is 6.72. The van der Waals surface area contributed by atoms with Crippen LogP contribution in [0.1, 0.15) is 240 Å². The van der Waals surface area contributed by atoms with Crippen molar-refractivity contribution in [1.29, 1.82) is 0 Å². The molecule has 284 valence electrons. The van der Waals surface area contributed by atoms with Crippen LogP contribution in [0.4, 0.5) is 0 Å². The molecule has 0 aliphatic heterocycles. The second-order valence-electron chi connectivity index (χ2n) is 15.4. The Morgan fingerprint density at radius 2 is 0.745 bits per heavy atom. The zero-order valence-electron chi connectivity index (χ0n) is 33.2. The average molecular weight is 684 g/mol. The average Bonchev–Trinajstić information content (AvgIpc) is 3.04. The summed E-state index contributed by atoms with van der Waals surface area (Å²) < 4.78 is 19.5. The van der Waals surface area contributed by atoms with Gasteiger partial charge in [0.05, 0.1) is 6.10 Å². The first-order chi connectivity index (χ1) is 23.0. The molecular weight excluding hydrogens is 595 g/mol. The van der Waals surface area contributed by atoms with Crippen LogP contribution in [0, 0.1) is 5.92 Å². The minimum Gasteiger partial charge on any atom is -0.376 e. The fourth-order valence-electron chi connectivity index (χ4n) is 6.73. The van der Waals surface area contributed by atoms with E-state index in [1.54, 1.807) is 0 Å². The fourth-order valence-corrected chi connectivity index (χ4v) is 8.24. The van der Waals surface area contributed by atoms with Gasteiger partial charge in [0.15, 0.2) is 0 Å². The summed E-state index contributed by atoms with van der Waals surface area (Å²) in [4.78, 5) is 0. The van der Waals surface area contributed by atoms with Crippen LogP contribution in [0.3, 0.4) is 0 Å². The minimum absolute atomic E-state index is 0.153. The van der Waals surface area contributed by atoms with Gasteiger partial charge in [-0.2, -0.15) is 0 Å². The van der Waals surface area contributed by atoms with E-state index in [9.17, 15) is 0 Å². The first kappa shape index (κ1) is 47.1. The zero-order chi connectivity index (χ0) is 34.5. The summed E-state index contributed by atoms with van der Waals surface area (Å²) in [6.07, 6.45) is 42.4. The molecule has 2 atom stereocenters. The summed E-state index contributed by atoms with van der Waals surface area (Å²) >= 11 is 0.